The van der Waals surface area contributed by atoms with Crippen molar-refractivity contribution in [2.45, 2.75) is 38.1 Å². The molecular formula is C20H29N3O3. The van der Waals surface area contributed by atoms with E-state index in [0.717, 1.165) is 31.6 Å². The van der Waals surface area contributed by atoms with Gasteiger partial charge in [0.1, 0.15) is 5.75 Å². The number of methoxy groups -OCH3 is 1. The molecule has 2 saturated heterocycles. The van der Waals surface area contributed by atoms with Crippen molar-refractivity contribution in [1.29, 1.82) is 0 Å². The number of nitrogens with two attached hydrogens (primary N) is 1. The Bertz CT molecular complexity index is 641. The number of carbonyl (C=O) groups excluding carboxylic acids is 2. The number of benzene rings is 1. The zero-order valence-electron chi connectivity index (χ0n) is 15.5. The van der Waals surface area contributed by atoms with Gasteiger partial charge in [0, 0.05) is 25.0 Å². The van der Waals surface area contributed by atoms with Crippen molar-refractivity contribution in [3.05, 3.63) is 29.8 Å². The SMILES string of the molecule is COc1cccc(CC2CCCN2CC(=O)N2CCC(C(N)=O)CC2)c1. The molecular weight excluding hydrogens is 330 g/mol. The monoisotopic (exact) mass is 359 g/mol. The third-order valence-electron chi connectivity index (χ3n) is 5.69. The molecule has 0 saturated carbocycles. The minimum Gasteiger partial charge on any atom is -0.497 e. The molecule has 142 valence electrons. The molecule has 1 atom stereocenters. The number of carbonyl (C=O) groups is 2. The normalized spacial score (nSPS) is 21.7. The molecule has 2 aliphatic rings. The number of hydrogen-bond donors (Lipinski definition) is 1. The second-order valence-electron chi connectivity index (χ2n) is 7.38. The Kier molecular flexibility index (Phi) is 6.14. The molecule has 2 fully saturated rings. The molecule has 1 unspecified atom stereocenters. The molecule has 2 heterocycles. The lowest BCUT2D eigenvalue weighted by atomic mass is 9.96. The third-order valence-corrected chi connectivity index (χ3v) is 5.69. The van der Waals surface area contributed by atoms with Gasteiger partial charge in [0.05, 0.1) is 13.7 Å². The summed E-state index contributed by atoms with van der Waals surface area (Å²) in [5.41, 5.74) is 6.62. The van der Waals surface area contributed by atoms with Gasteiger partial charge in [-0.2, -0.15) is 0 Å². The van der Waals surface area contributed by atoms with E-state index in [4.69, 9.17) is 10.5 Å². The van der Waals surface area contributed by atoms with E-state index in [9.17, 15) is 9.59 Å². The van der Waals surface area contributed by atoms with E-state index in [-0.39, 0.29) is 17.7 Å². The number of rotatable bonds is 6. The van der Waals surface area contributed by atoms with Crippen molar-refractivity contribution < 1.29 is 14.3 Å². The van der Waals surface area contributed by atoms with E-state index >= 15 is 0 Å². The molecule has 0 spiro atoms. The molecule has 2 amide bonds. The number of primary amides is 1. The van der Waals surface area contributed by atoms with Crippen LogP contribution in [0.4, 0.5) is 0 Å². The predicted octanol–water partition coefficient (Wildman–Crippen LogP) is 1.43. The highest BCUT2D eigenvalue weighted by Crippen LogP contribution is 2.24. The number of amides is 2. The van der Waals surface area contributed by atoms with Crippen molar-refractivity contribution in [3.63, 3.8) is 0 Å². The van der Waals surface area contributed by atoms with E-state index in [2.05, 4.69) is 17.0 Å². The molecule has 1 aromatic carbocycles. The maximum absolute atomic E-state index is 12.7. The summed E-state index contributed by atoms with van der Waals surface area (Å²) >= 11 is 0. The van der Waals surface area contributed by atoms with Crippen LogP contribution in [0.25, 0.3) is 0 Å². The van der Waals surface area contributed by atoms with Crippen LogP contribution in [0, 0.1) is 5.92 Å². The summed E-state index contributed by atoms with van der Waals surface area (Å²) in [7, 11) is 1.68. The van der Waals surface area contributed by atoms with Crippen molar-refractivity contribution in [1.82, 2.24) is 9.80 Å². The van der Waals surface area contributed by atoms with Crippen LogP contribution in [-0.4, -0.2) is 60.9 Å². The fraction of sp³-hybridized carbons (Fsp3) is 0.600. The summed E-state index contributed by atoms with van der Waals surface area (Å²) in [6.07, 6.45) is 4.57. The van der Waals surface area contributed by atoms with Crippen LogP contribution in [0.5, 0.6) is 5.75 Å². The molecule has 6 heteroatoms. The van der Waals surface area contributed by atoms with Gasteiger partial charge in [-0.05, 0) is 56.3 Å². The van der Waals surface area contributed by atoms with Gasteiger partial charge in [0.15, 0.2) is 0 Å². The Morgan fingerprint density at radius 3 is 2.65 bits per heavy atom. The Labute approximate surface area is 155 Å². The van der Waals surface area contributed by atoms with Gasteiger partial charge in [-0.25, -0.2) is 0 Å². The standard InChI is InChI=1S/C20H29N3O3/c1-26-18-6-2-4-15(13-18)12-17-5-3-9-23(17)14-19(24)22-10-7-16(8-11-22)20(21)25/h2,4,6,13,16-17H,3,5,7-12,14H2,1H3,(H2,21,25). The van der Waals surface area contributed by atoms with E-state index in [1.54, 1.807) is 7.11 Å². The van der Waals surface area contributed by atoms with Crippen LogP contribution in [0.3, 0.4) is 0 Å². The van der Waals surface area contributed by atoms with Gasteiger partial charge < -0.3 is 15.4 Å². The molecule has 0 aromatic heterocycles. The molecule has 1 aromatic rings. The average Bonchev–Trinajstić information content (AvgIpc) is 3.08. The molecule has 0 bridgehead atoms. The lowest BCUT2D eigenvalue weighted by Crippen LogP contribution is -2.47. The highest BCUT2D eigenvalue weighted by Gasteiger charge is 2.30. The van der Waals surface area contributed by atoms with Crippen molar-refractivity contribution in [3.8, 4) is 5.75 Å². The summed E-state index contributed by atoms with van der Waals surface area (Å²) in [5.74, 6) is 0.729. The molecule has 26 heavy (non-hydrogen) atoms. The highest BCUT2D eigenvalue weighted by atomic mass is 16.5. The first kappa shape index (κ1) is 18.7. The molecule has 0 radical (unpaired) electrons. The maximum Gasteiger partial charge on any atom is 0.236 e. The fourth-order valence-electron chi connectivity index (χ4n) is 4.09. The van der Waals surface area contributed by atoms with Crippen molar-refractivity contribution >= 4 is 11.8 Å². The molecule has 2 aliphatic heterocycles. The van der Waals surface area contributed by atoms with Crippen LogP contribution in [0.15, 0.2) is 24.3 Å². The van der Waals surface area contributed by atoms with Crippen LogP contribution < -0.4 is 10.5 Å². The van der Waals surface area contributed by atoms with E-state index in [1.165, 1.54) is 5.56 Å². The van der Waals surface area contributed by atoms with Gasteiger partial charge in [0.25, 0.3) is 0 Å². The van der Waals surface area contributed by atoms with Crippen LogP contribution >= 0.6 is 0 Å². The topological polar surface area (TPSA) is 75.9 Å². The van der Waals surface area contributed by atoms with Crippen molar-refractivity contribution in [2.75, 3.05) is 33.3 Å². The summed E-state index contributed by atoms with van der Waals surface area (Å²) < 4.78 is 5.31. The van der Waals surface area contributed by atoms with Gasteiger partial charge >= 0.3 is 0 Å². The van der Waals surface area contributed by atoms with Gasteiger partial charge in [-0.1, -0.05) is 12.1 Å². The van der Waals surface area contributed by atoms with Crippen LogP contribution in [-0.2, 0) is 16.0 Å². The highest BCUT2D eigenvalue weighted by molar-refractivity contribution is 5.80. The second-order valence-corrected chi connectivity index (χ2v) is 7.38. The van der Waals surface area contributed by atoms with Crippen LogP contribution in [0.1, 0.15) is 31.2 Å². The smallest absolute Gasteiger partial charge is 0.236 e. The minimum atomic E-state index is -0.241. The number of hydrogen-bond acceptors (Lipinski definition) is 4. The molecule has 0 aliphatic carbocycles. The number of nitrogens with zero attached hydrogens (tertiary/aromatic N) is 2. The number of likely N-dealkylation sites (tertiary alicyclic amines) is 2. The minimum absolute atomic E-state index is 0.0772. The predicted molar refractivity (Wildman–Crippen MR) is 99.8 cm³/mol. The van der Waals surface area contributed by atoms with E-state index in [0.29, 0.717) is 38.5 Å². The number of ether oxygens (including phenoxy) is 1. The summed E-state index contributed by atoms with van der Waals surface area (Å²) in [6.45, 7) is 2.72. The van der Waals surface area contributed by atoms with Crippen molar-refractivity contribution in [2.24, 2.45) is 11.7 Å². The lowest BCUT2D eigenvalue weighted by molar-refractivity contribution is -0.136. The van der Waals surface area contributed by atoms with Gasteiger partial charge in [0.2, 0.25) is 11.8 Å². The van der Waals surface area contributed by atoms with E-state index in [1.807, 2.05) is 17.0 Å². The zero-order chi connectivity index (χ0) is 18.5. The van der Waals surface area contributed by atoms with Crippen LogP contribution in [0.2, 0.25) is 0 Å². The molecule has 2 N–H and O–H groups in total. The maximum atomic E-state index is 12.7. The Hall–Kier alpha value is -2.08. The first-order valence-corrected chi connectivity index (χ1v) is 9.51. The Morgan fingerprint density at radius 1 is 1.19 bits per heavy atom. The van der Waals surface area contributed by atoms with Gasteiger partial charge in [-0.3, -0.25) is 14.5 Å². The average molecular weight is 359 g/mol. The fourth-order valence-corrected chi connectivity index (χ4v) is 4.09. The quantitative estimate of drug-likeness (QED) is 0.834. The van der Waals surface area contributed by atoms with Gasteiger partial charge in [-0.15, -0.1) is 0 Å². The summed E-state index contributed by atoms with van der Waals surface area (Å²) in [6, 6.07) is 8.56. The lowest BCUT2D eigenvalue weighted by Gasteiger charge is -2.33. The summed E-state index contributed by atoms with van der Waals surface area (Å²) in [5, 5.41) is 0. The first-order valence-electron chi connectivity index (χ1n) is 9.51. The molecule has 3 rings (SSSR count). The number of piperidine rings is 1. The third kappa shape index (κ3) is 4.55. The summed E-state index contributed by atoms with van der Waals surface area (Å²) in [4.78, 5) is 28.1. The largest absolute Gasteiger partial charge is 0.497 e. The second kappa shape index (κ2) is 8.54. The zero-order valence-corrected chi connectivity index (χ0v) is 15.5. The Balaban J connectivity index is 1.53. The van der Waals surface area contributed by atoms with E-state index < -0.39 is 0 Å². The molecule has 6 nitrogen and oxygen atoms in total. The Morgan fingerprint density at radius 2 is 1.96 bits per heavy atom. The first-order chi connectivity index (χ1) is 12.6.